The van der Waals surface area contributed by atoms with Gasteiger partial charge in [-0.15, -0.1) is 0 Å². The van der Waals surface area contributed by atoms with Crippen molar-refractivity contribution in [1.82, 2.24) is 5.43 Å². The SMILES string of the molecule is COc1ccc2c(c1O)C=NNC2. The maximum atomic E-state index is 9.69. The van der Waals surface area contributed by atoms with E-state index in [9.17, 15) is 5.11 Å². The Hall–Kier alpha value is -1.71. The molecule has 0 unspecified atom stereocenters. The third kappa shape index (κ3) is 1.20. The lowest BCUT2D eigenvalue weighted by atomic mass is 10.1. The summed E-state index contributed by atoms with van der Waals surface area (Å²) in [4.78, 5) is 0. The lowest BCUT2D eigenvalue weighted by Gasteiger charge is -2.14. The summed E-state index contributed by atoms with van der Waals surface area (Å²) in [5.74, 6) is 0.636. The Bertz CT molecular complexity index is 361. The molecule has 0 saturated heterocycles. The largest absolute Gasteiger partial charge is 0.504 e. The van der Waals surface area contributed by atoms with Gasteiger partial charge in [0.25, 0.3) is 0 Å². The second kappa shape index (κ2) is 2.97. The first-order chi connectivity index (χ1) is 6.33. The lowest BCUT2D eigenvalue weighted by Crippen LogP contribution is -2.13. The summed E-state index contributed by atoms with van der Waals surface area (Å²) in [6, 6.07) is 3.65. The molecule has 1 heterocycles. The predicted molar refractivity (Wildman–Crippen MR) is 49.1 cm³/mol. The highest BCUT2D eigenvalue weighted by Crippen LogP contribution is 2.31. The van der Waals surface area contributed by atoms with Crippen molar-refractivity contribution in [2.75, 3.05) is 7.11 Å². The lowest BCUT2D eigenvalue weighted by molar-refractivity contribution is 0.372. The molecule has 0 atom stereocenters. The average Bonchev–Trinajstić information content (AvgIpc) is 2.19. The van der Waals surface area contributed by atoms with Crippen molar-refractivity contribution in [2.45, 2.75) is 6.54 Å². The maximum absolute atomic E-state index is 9.69. The van der Waals surface area contributed by atoms with E-state index in [-0.39, 0.29) is 5.75 Å². The number of phenols is 1. The Morgan fingerprint density at radius 3 is 3.15 bits per heavy atom. The van der Waals surface area contributed by atoms with Gasteiger partial charge in [-0.1, -0.05) is 6.07 Å². The Morgan fingerprint density at radius 1 is 1.54 bits per heavy atom. The molecule has 0 aromatic heterocycles. The molecule has 0 saturated carbocycles. The Labute approximate surface area is 75.8 Å². The molecule has 13 heavy (non-hydrogen) atoms. The molecule has 0 spiro atoms. The normalized spacial score (nSPS) is 13.3. The average molecular weight is 178 g/mol. The molecular formula is C9H10N2O2. The molecule has 1 aliphatic rings. The van der Waals surface area contributed by atoms with Gasteiger partial charge < -0.3 is 15.3 Å². The summed E-state index contributed by atoms with van der Waals surface area (Å²) >= 11 is 0. The van der Waals surface area contributed by atoms with Crippen molar-refractivity contribution in [3.05, 3.63) is 23.3 Å². The second-order valence-electron chi connectivity index (χ2n) is 2.78. The number of rotatable bonds is 1. The van der Waals surface area contributed by atoms with Gasteiger partial charge in [-0.2, -0.15) is 5.10 Å². The summed E-state index contributed by atoms with van der Waals surface area (Å²) < 4.78 is 4.98. The van der Waals surface area contributed by atoms with Gasteiger partial charge in [0.15, 0.2) is 11.5 Å². The van der Waals surface area contributed by atoms with Crippen LogP contribution in [-0.4, -0.2) is 18.4 Å². The minimum atomic E-state index is 0.158. The van der Waals surface area contributed by atoms with Crippen LogP contribution in [0.4, 0.5) is 0 Å². The van der Waals surface area contributed by atoms with Gasteiger partial charge in [0.05, 0.1) is 19.9 Å². The molecule has 4 nitrogen and oxygen atoms in total. The highest BCUT2D eigenvalue weighted by molar-refractivity contribution is 5.87. The molecule has 68 valence electrons. The quantitative estimate of drug-likeness (QED) is 0.670. The monoisotopic (exact) mass is 178 g/mol. The molecule has 4 heteroatoms. The molecule has 2 N–H and O–H groups in total. The number of aromatic hydroxyl groups is 1. The molecule has 1 aliphatic heterocycles. The van der Waals surface area contributed by atoms with Crippen molar-refractivity contribution in [3.63, 3.8) is 0 Å². The number of methoxy groups -OCH3 is 1. The van der Waals surface area contributed by atoms with E-state index in [1.54, 1.807) is 12.3 Å². The molecule has 2 rings (SSSR count). The van der Waals surface area contributed by atoms with Gasteiger partial charge in [-0.05, 0) is 11.6 Å². The van der Waals surface area contributed by atoms with Crippen LogP contribution in [0.2, 0.25) is 0 Å². The van der Waals surface area contributed by atoms with E-state index in [1.165, 1.54) is 7.11 Å². The van der Waals surface area contributed by atoms with Gasteiger partial charge in [-0.3, -0.25) is 0 Å². The zero-order valence-corrected chi connectivity index (χ0v) is 7.24. The molecule has 0 radical (unpaired) electrons. The first-order valence-electron chi connectivity index (χ1n) is 3.97. The van der Waals surface area contributed by atoms with Gasteiger partial charge >= 0.3 is 0 Å². The van der Waals surface area contributed by atoms with Crippen molar-refractivity contribution in [2.24, 2.45) is 5.10 Å². The Morgan fingerprint density at radius 2 is 2.38 bits per heavy atom. The summed E-state index contributed by atoms with van der Waals surface area (Å²) in [5.41, 5.74) is 4.58. The summed E-state index contributed by atoms with van der Waals surface area (Å²) in [6.07, 6.45) is 1.59. The van der Waals surface area contributed by atoms with Crippen LogP contribution in [-0.2, 0) is 6.54 Å². The van der Waals surface area contributed by atoms with Gasteiger partial charge in [0.1, 0.15) is 0 Å². The zero-order chi connectivity index (χ0) is 9.26. The van der Waals surface area contributed by atoms with Gasteiger partial charge in [0.2, 0.25) is 0 Å². The van der Waals surface area contributed by atoms with E-state index < -0.39 is 0 Å². The molecular weight excluding hydrogens is 168 g/mol. The standard InChI is InChI=1S/C9H10N2O2/c1-13-8-3-2-6-4-10-11-5-7(6)9(8)12/h2-3,5,10,12H,4H2,1H3. The zero-order valence-electron chi connectivity index (χ0n) is 7.24. The fourth-order valence-electron chi connectivity index (χ4n) is 1.33. The van der Waals surface area contributed by atoms with Crippen LogP contribution in [0.15, 0.2) is 17.2 Å². The highest BCUT2D eigenvalue weighted by atomic mass is 16.5. The first kappa shape index (κ1) is 7.91. The number of nitrogens with one attached hydrogen (secondary N) is 1. The first-order valence-corrected chi connectivity index (χ1v) is 3.97. The van der Waals surface area contributed by atoms with Crippen LogP contribution in [0.3, 0.4) is 0 Å². The van der Waals surface area contributed by atoms with E-state index in [2.05, 4.69) is 10.5 Å². The topological polar surface area (TPSA) is 53.9 Å². The van der Waals surface area contributed by atoms with Crippen LogP contribution in [0.25, 0.3) is 0 Å². The fraction of sp³-hybridized carbons (Fsp3) is 0.222. The van der Waals surface area contributed by atoms with E-state index in [1.807, 2.05) is 6.07 Å². The Kier molecular flexibility index (Phi) is 1.81. The molecule has 0 bridgehead atoms. The Balaban J connectivity index is 2.57. The fourth-order valence-corrected chi connectivity index (χ4v) is 1.33. The number of phenolic OH excluding ortho intramolecular Hbond substituents is 1. The predicted octanol–water partition coefficient (Wildman–Crippen LogP) is 0.838. The number of fused-ring (bicyclic) bond motifs is 1. The molecule has 0 aliphatic carbocycles. The number of hydrazone groups is 1. The smallest absolute Gasteiger partial charge is 0.167 e. The third-order valence-corrected chi connectivity index (χ3v) is 2.04. The summed E-state index contributed by atoms with van der Waals surface area (Å²) in [6.45, 7) is 0.642. The number of benzene rings is 1. The summed E-state index contributed by atoms with van der Waals surface area (Å²) in [5, 5.41) is 13.6. The molecule has 1 aromatic rings. The van der Waals surface area contributed by atoms with Crippen LogP contribution in [0.1, 0.15) is 11.1 Å². The van der Waals surface area contributed by atoms with E-state index >= 15 is 0 Å². The van der Waals surface area contributed by atoms with Gasteiger partial charge in [-0.25, -0.2) is 0 Å². The van der Waals surface area contributed by atoms with E-state index in [4.69, 9.17) is 4.74 Å². The van der Waals surface area contributed by atoms with Crippen molar-refractivity contribution in [1.29, 1.82) is 0 Å². The van der Waals surface area contributed by atoms with Crippen LogP contribution < -0.4 is 10.2 Å². The second-order valence-corrected chi connectivity index (χ2v) is 2.78. The summed E-state index contributed by atoms with van der Waals surface area (Å²) in [7, 11) is 1.53. The van der Waals surface area contributed by atoms with E-state index in [0.29, 0.717) is 12.3 Å². The third-order valence-electron chi connectivity index (χ3n) is 2.04. The number of hydrogen-bond donors (Lipinski definition) is 2. The van der Waals surface area contributed by atoms with Crippen molar-refractivity contribution in [3.8, 4) is 11.5 Å². The van der Waals surface area contributed by atoms with Gasteiger partial charge in [0, 0.05) is 5.56 Å². The molecule has 0 amide bonds. The molecule has 0 fully saturated rings. The number of nitrogens with zero attached hydrogens (tertiary/aromatic N) is 1. The van der Waals surface area contributed by atoms with Crippen LogP contribution in [0, 0.1) is 0 Å². The number of ether oxygens (including phenoxy) is 1. The maximum Gasteiger partial charge on any atom is 0.167 e. The highest BCUT2D eigenvalue weighted by Gasteiger charge is 2.13. The van der Waals surface area contributed by atoms with Crippen LogP contribution >= 0.6 is 0 Å². The van der Waals surface area contributed by atoms with Crippen molar-refractivity contribution >= 4 is 6.21 Å². The van der Waals surface area contributed by atoms with Crippen LogP contribution in [0.5, 0.6) is 11.5 Å². The molecule has 1 aromatic carbocycles. The minimum Gasteiger partial charge on any atom is -0.504 e. The number of hydrogen-bond acceptors (Lipinski definition) is 4. The minimum absolute atomic E-state index is 0.158. The van der Waals surface area contributed by atoms with Crippen molar-refractivity contribution < 1.29 is 9.84 Å². The van der Waals surface area contributed by atoms with E-state index in [0.717, 1.165) is 11.1 Å².